The Labute approximate surface area is 143 Å². The molecule has 0 spiro atoms. The zero-order valence-corrected chi connectivity index (χ0v) is 13.2. The first kappa shape index (κ1) is 16.9. The van der Waals surface area contributed by atoms with Gasteiger partial charge < -0.3 is 15.7 Å². The lowest BCUT2D eigenvalue weighted by Gasteiger charge is -2.15. The minimum Gasteiger partial charge on any atom is -0.387 e. The zero-order chi connectivity index (χ0) is 17.8. The smallest absolute Gasteiger partial charge is 0.319 e. The molecule has 0 saturated carbocycles. The molecule has 3 aromatic rings. The van der Waals surface area contributed by atoms with Gasteiger partial charge in [0.15, 0.2) is 0 Å². The first-order valence-electron chi connectivity index (χ1n) is 7.71. The summed E-state index contributed by atoms with van der Waals surface area (Å²) < 4.78 is 27.0. The summed E-state index contributed by atoms with van der Waals surface area (Å²) in [6, 6.07) is 15.6. The summed E-state index contributed by atoms with van der Waals surface area (Å²) in [5.41, 5.74) is 0.134. The Hall–Kier alpha value is -2.99. The van der Waals surface area contributed by atoms with Crippen molar-refractivity contribution in [3.63, 3.8) is 0 Å². The van der Waals surface area contributed by atoms with Crippen LogP contribution in [0, 0.1) is 11.6 Å². The number of hydrogen-bond donors (Lipinski definition) is 3. The Morgan fingerprint density at radius 1 is 0.960 bits per heavy atom. The van der Waals surface area contributed by atoms with E-state index in [1.54, 1.807) is 6.07 Å². The molecule has 0 saturated heterocycles. The lowest BCUT2D eigenvalue weighted by molar-refractivity contribution is 0.176. The van der Waals surface area contributed by atoms with Crippen LogP contribution >= 0.6 is 0 Å². The van der Waals surface area contributed by atoms with E-state index in [1.165, 1.54) is 6.07 Å². The maximum absolute atomic E-state index is 13.5. The van der Waals surface area contributed by atoms with Crippen molar-refractivity contribution in [2.75, 3.05) is 11.9 Å². The van der Waals surface area contributed by atoms with E-state index in [-0.39, 0.29) is 6.54 Å². The number of para-hydroxylation sites is 1. The van der Waals surface area contributed by atoms with Gasteiger partial charge in [0.1, 0.15) is 17.3 Å². The molecule has 0 bridgehead atoms. The number of anilines is 1. The number of carbonyl (C=O) groups excluding carboxylic acids is 1. The molecule has 0 aliphatic heterocycles. The summed E-state index contributed by atoms with van der Waals surface area (Å²) in [5, 5.41) is 16.7. The van der Waals surface area contributed by atoms with E-state index in [1.807, 2.05) is 36.4 Å². The topological polar surface area (TPSA) is 61.4 Å². The molecule has 0 unspecified atom stereocenters. The highest BCUT2D eigenvalue weighted by Crippen LogP contribution is 2.24. The quantitative estimate of drug-likeness (QED) is 0.672. The third-order valence-corrected chi connectivity index (χ3v) is 3.84. The summed E-state index contributed by atoms with van der Waals surface area (Å²) in [4.78, 5) is 11.8. The van der Waals surface area contributed by atoms with Gasteiger partial charge in [0.2, 0.25) is 0 Å². The normalized spacial score (nSPS) is 12.0. The molecule has 3 N–H and O–H groups in total. The van der Waals surface area contributed by atoms with Crippen molar-refractivity contribution < 1.29 is 18.7 Å². The summed E-state index contributed by atoms with van der Waals surface area (Å²) in [6.07, 6.45) is -0.956. The highest BCUT2D eigenvalue weighted by molar-refractivity contribution is 5.90. The van der Waals surface area contributed by atoms with Crippen molar-refractivity contribution >= 4 is 22.5 Å². The molecule has 3 aromatic carbocycles. The predicted octanol–water partition coefficient (Wildman–Crippen LogP) is 3.97. The van der Waals surface area contributed by atoms with Gasteiger partial charge in [-0.3, -0.25) is 0 Å². The van der Waals surface area contributed by atoms with Crippen LogP contribution in [0.2, 0.25) is 0 Å². The van der Waals surface area contributed by atoms with Gasteiger partial charge in [-0.1, -0.05) is 48.5 Å². The molecule has 0 aliphatic carbocycles. The number of fused-ring (bicyclic) bond motifs is 1. The molecule has 0 heterocycles. The number of aliphatic hydroxyl groups is 1. The van der Waals surface area contributed by atoms with E-state index >= 15 is 0 Å². The summed E-state index contributed by atoms with van der Waals surface area (Å²) in [6.45, 7) is -0.101. The molecular weight excluding hydrogens is 326 g/mol. The first-order chi connectivity index (χ1) is 12.1. The monoisotopic (exact) mass is 342 g/mol. The van der Waals surface area contributed by atoms with E-state index in [4.69, 9.17) is 0 Å². The van der Waals surface area contributed by atoms with Crippen molar-refractivity contribution in [2.45, 2.75) is 6.10 Å². The van der Waals surface area contributed by atoms with Gasteiger partial charge in [0.25, 0.3) is 0 Å². The summed E-state index contributed by atoms with van der Waals surface area (Å²) in [5.74, 6) is -1.74. The van der Waals surface area contributed by atoms with Crippen LogP contribution in [0.4, 0.5) is 19.3 Å². The first-order valence-corrected chi connectivity index (χ1v) is 7.71. The number of carbonyl (C=O) groups is 1. The number of hydrogen-bond acceptors (Lipinski definition) is 2. The van der Waals surface area contributed by atoms with Crippen molar-refractivity contribution in [1.29, 1.82) is 0 Å². The third kappa shape index (κ3) is 3.75. The second kappa shape index (κ2) is 7.27. The van der Waals surface area contributed by atoms with Gasteiger partial charge in [-0.05, 0) is 28.5 Å². The lowest BCUT2D eigenvalue weighted by Crippen LogP contribution is -2.33. The van der Waals surface area contributed by atoms with E-state index in [0.717, 1.165) is 22.9 Å². The van der Waals surface area contributed by atoms with Gasteiger partial charge in [0.05, 0.1) is 6.10 Å². The largest absolute Gasteiger partial charge is 0.387 e. The standard InChI is InChI=1S/C19H16F2N2O2/c20-15-9-4-10-16(21)18(15)23-19(25)22-11-17(24)14-8-3-6-12-5-1-2-7-13(12)14/h1-10,17,24H,11H2,(H2,22,23,25)/t17-/m1/s1. The van der Waals surface area contributed by atoms with Gasteiger partial charge in [-0.2, -0.15) is 0 Å². The van der Waals surface area contributed by atoms with Gasteiger partial charge in [-0.25, -0.2) is 13.6 Å². The maximum atomic E-state index is 13.5. The molecule has 4 nitrogen and oxygen atoms in total. The van der Waals surface area contributed by atoms with E-state index < -0.39 is 29.5 Å². The van der Waals surface area contributed by atoms with Crippen LogP contribution < -0.4 is 10.6 Å². The number of amides is 2. The van der Waals surface area contributed by atoms with Crippen molar-refractivity contribution in [2.24, 2.45) is 0 Å². The van der Waals surface area contributed by atoms with Crippen molar-refractivity contribution in [3.05, 3.63) is 77.9 Å². The van der Waals surface area contributed by atoms with Gasteiger partial charge >= 0.3 is 6.03 Å². The zero-order valence-electron chi connectivity index (χ0n) is 13.2. The average Bonchev–Trinajstić information content (AvgIpc) is 2.62. The van der Waals surface area contributed by atoms with Crippen LogP contribution in [-0.2, 0) is 0 Å². The van der Waals surface area contributed by atoms with Crippen LogP contribution in [-0.4, -0.2) is 17.7 Å². The number of benzene rings is 3. The number of nitrogens with one attached hydrogen (secondary N) is 2. The highest BCUT2D eigenvalue weighted by Gasteiger charge is 2.15. The van der Waals surface area contributed by atoms with Gasteiger partial charge in [0, 0.05) is 6.54 Å². The van der Waals surface area contributed by atoms with Gasteiger partial charge in [-0.15, -0.1) is 0 Å². The van der Waals surface area contributed by atoms with Crippen LogP contribution in [0.15, 0.2) is 60.7 Å². The molecule has 0 radical (unpaired) electrons. The van der Waals surface area contributed by atoms with Crippen LogP contribution in [0.5, 0.6) is 0 Å². The molecule has 0 aliphatic rings. The molecular formula is C19H16F2N2O2. The van der Waals surface area contributed by atoms with Crippen molar-refractivity contribution in [1.82, 2.24) is 5.32 Å². The molecule has 1 atom stereocenters. The van der Waals surface area contributed by atoms with E-state index in [9.17, 15) is 18.7 Å². The molecule has 128 valence electrons. The molecule has 0 fully saturated rings. The average molecular weight is 342 g/mol. The second-order valence-corrected chi connectivity index (χ2v) is 5.52. The van der Waals surface area contributed by atoms with E-state index in [0.29, 0.717) is 5.56 Å². The summed E-state index contributed by atoms with van der Waals surface area (Å²) in [7, 11) is 0. The lowest BCUT2D eigenvalue weighted by atomic mass is 10.0. The highest BCUT2D eigenvalue weighted by atomic mass is 19.1. The number of urea groups is 1. The fourth-order valence-corrected chi connectivity index (χ4v) is 2.62. The number of rotatable bonds is 4. The molecule has 25 heavy (non-hydrogen) atoms. The third-order valence-electron chi connectivity index (χ3n) is 3.84. The number of halogens is 2. The predicted molar refractivity (Wildman–Crippen MR) is 92.3 cm³/mol. The molecule has 0 aromatic heterocycles. The number of aliphatic hydroxyl groups excluding tert-OH is 1. The maximum Gasteiger partial charge on any atom is 0.319 e. The summed E-state index contributed by atoms with van der Waals surface area (Å²) >= 11 is 0. The van der Waals surface area contributed by atoms with Crippen LogP contribution in [0.3, 0.4) is 0 Å². The Bertz CT molecular complexity index is 889. The SMILES string of the molecule is O=C(NC[C@@H](O)c1cccc2ccccc12)Nc1c(F)cccc1F. The minimum absolute atomic E-state index is 0.101. The fourth-order valence-electron chi connectivity index (χ4n) is 2.62. The van der Waals surface area contributed by atoms with Crippen LogP contribution in [0.1, 0.15) is 11.7 Å². The van der Waals surface area contributed by atoms with Crippen LogP contribution in [0.25, 0.3) is 10.8 Å². The Kier molecular flexibility index (Phi) is 4.90. The molecule has 2 amide bonds. The van der Waals surface area contributed by atoms with Crippen molar-refractivity contribution in [3.8, 4) is 0 Å². The Balaban J connectivity index is 1.67. The Morgan fingerprint density at radius 2 is 1.60 bits per heavy atom. The minimum atomic E-state index is -0.956. The second-order valence-electron chi connectivity index (χ2n) is 5.52. The van der Waals surface area contributed by atoms with E-state index in [2.05, 4.69) is 10.6 Å². The molecule has 3 rings (SSSR count). The Morgan fingerprint density at radius 3 is 2.36 bits per heavy atom. The molecule has 6 heteroatoms. The fraction of sp³-hybridized carbons (Fsp3) is 0.105.